The van der Waals surface area contributed by atoms with Gasteiger partial charge < -0.3 is 0 Å². The van der Waals surface area contributed by atoms with Gasteiger partial charge in [0.25, 0.3) is 5.91 Å². The van der Waals surface area contributed by atoms with Crippen molar-refractivity contribution in [2.45, 2.75) is 19.4 Å². The van der Waals surface area contributed by atoms with Crippen LogP contribution < -0.4 is 16.2 Å². The van der Waals surface area contributed by atoms with Gasteiger partial charge in [0.2, 0.25) is 5.91 Å². The van der Waals surface area contributed by atoms with Crippen molar-refractivity contribution >= 4 is 29.1 Å². The maximum atomic E-state index is 11.9. The van der Waals surface area contributed by atoms with Gasteiger partial charge in [0.05, 0.1) is 6.42 Å². The number of benzene rings is 1. The number of nitrogens with zero attached hydrogens (tertiary/aromatic N) is 1. The summed E-state index contributed by atoms with van der Waals surface area (Å²) >= 11 is 5.89. The molecule has 1 heterocycles. The average Bonchev–Trinajstić information content (AvgIpc) is 2.62. The Hall–Kier alpha value is -1.59. The molecule has 0 fully saturated rings. The number of carbonyl (C=O) groups is 2. The second-order valence-corrected chi connectivity index (χ2v) is 4.33. The number of nitrogens with one attached hydrogen (secondary N) is 1. The van der Waals surface area contributed by atoms with Gasteiger partial charge in [0, 0.05) is 10.7 Å². The molecular weight excluding hydrogens is 242 g/mol. The van der Waals surface area contributed by atoms with E-state index in [-0.39, 0.29) is 12.3 Å². The Morgan fingerprint density at radius 3 is 2.94 bits per heavy atom. The van der Waals surface area contributed by atoms with Gasteiger partial charge in [-0.1, -0.05) is 17.7 Å². The highest BCUT2D eigenvalue weighted by molar-refractivity contribution is 6.31. The van der Waals surface area contributed by atoms with E-state index in [9.17, 15) is 9.59 Å². The Balaban J connectivity index is 2.40. The highest BCUT2D eigenvalue weighted by Crippen LogP contribution is 2.32. The Morgan fingerprint density at radius 1 is 1.59 bits per heavy atom. The van der Waals surface area contributed by atoms with Crippen molar-refractivity contribution in [3.63, 3.8) is 0 Å². The third-order valence-electron chi connectivity index (χ3n) is 2.83. The smallest absolute Gasteiger partial charge is 0.256 e. The van der Waals surface area contributed by atoms with Gasteiger partial charge in [-0.05, 0) is 24.6 Å². The second kappa shape index (κ2) is 4.35. The molecule has 0 bridgehead atoms. The number of halogens is 1. The van der Waals surface area contributed by atoms with E-state index < -0.39 is 11.9 Å². The van der Waals surface area contributed by atoms with Crippen LogP contribution in [0.1, 0.15) is 12.5 Å². The fourth-order valence-electron chi connectivity index (χ4n) is 1.96. The van der Waals surface area contributed by atoms with Crippen LogP contribution in [-0.4, -0.2) is 17.9 Å². The molecule has 0 aromatic heterocycles. The molecule has 0 radical (unpaired) electrons. The first kappa shape index (κ1) is 11.9. The predicted molar refractivity (Wildman–Crippen MR) is 64.4 cm³/mol. The van der Waals surface area contributed by atoms with Crippen LogP contribution in [0.4, 0.5) is 5.69 Å². The van der Waals surface area contributed by atoms with E-state index in [0.717, 1.165) is 5.56 Å². The number of amides is 2. The van der Waals surface area contributed by atoms with Gasteiger partial charge in [0.15, 0.2) is 0 Å². The third-order valence-corrected chi connectivity index (χ3v) is 3.06. The molecule has 0 saturated heterocycles. The zero-order valence-electron chi connectivity index (χ0n) is 9.24. The minimum atomic E-state index is -0.646. The van der Waals surface area contributed by atoms with Crippen molar-refractivity contribution in [1.29, 1.82) is 0 Å². The lowest BCUT2D eigenvalue weighted by molar-refractivity contribution is -0.125. The summed E-state index contributed by atoms with van der Waals surface area (Å²) in [5.74, 6) is 4.53. The summed E-state index contributed by atoms with van der Waals surface area (Å²) in [6.07, 6.45) is 0.286. The van der Waals surface area contributed by atoms with E-state index in [1.807, 2.05) is 5.43 Å². The standard InChI is InChI=1S/C11H12ClN3O2/c1-6(11(17)14-13)15-9-5-8(12)3-2-7(9)4-10(15)16/h2-3,5-6H,4,13H2,1H3,(H,14,17). The monoisotopic (exact) mass is 253 g/mol. The molecule has 1 unspecified atom stereocenters. The fourth-order valence-corrected chi connectivity index (χ4v) is 2.12. The van der Waals surface area contributed by atoms with Gasteiger partial charge in [-0.2, -0.15) is 0 Å². The number of nitrogens with two attached hydrogens (primary N) is 1. The summed E-state index contributed by atoms with van der Waals surface area (Å²) in [6.45, 7) is 1.62. The number of hydrazine groups is 1. The lowest BCUT2D eigenvalue weighted by atomic mass is 10.1. The molecule has 6 heteroatoms. The van der Waals surface area contributed by atoms with Crippen LogP contribution in [0, 0.1) is 0 Å². The molecule has 0 aliphatic carbocycles. The summed E-state index contributed by atoms with van der Waals surface area (Å²) in [4.78, 5) is 24.8. The topological polar surface area (TPSA) is 75.4 Å². The highest BCUT2D eigenvalue weighted by Gasteiger charge is 2.34. The molecule has 2 rings (SSSR count). The van der Waals surface area contributed by atoms with Crippen molar-refractivity contribution in [1.82, 2.24) is 5.43 Å². The number of anilines is 1. The molecule has 0 spiro atoms. The molecule has 17 heavy (non-hydrogen) atoms. The quantitative estimate of drug-likeness (QED) is 0.461. The number of carbonyl (C=O) groups excluding carboxylic acids is 2. The van der Waals surface area contributed by atoms with Crippen molar-refractivity contribution in [2.24, 2.45) is 5.84 Å². The molecular formula is C11H12ClN3O2. The van der Waals surface area contributed by atoms with Crippen molar-refractivity contribution in [2.75, 3.05) is 4.90 Å². The predicted octanol–water partition coefficient (Wildman–Crippen LogP) is 0.608. The first-order valence-electron chi connectivity index (χ1n) is 5.15. The van der Waals surface area contributed by atoms with Crippen LogP contribution in [0.2, 0.25) is 5.02 Å². The molecule has 1 aliphatic rings. The minimum Gasteiger partial charge on any atom is -0.300 e. The largest absolute Gasteiger partial charge is 0.300 e. The summed E-state index contributed by atoms with van der Waals surface area (Å²) in [5.41, 5.74) is 3.59. The van der Waals surface area contributed by atoms with E-state index in [1.54, 1.807) is 25.1 Å². The molecule has 3 N–H and O–H groups in total. The maximum Gasteiger partial charge on any atom is 0.256 e. The minimum absolute atomic E-state index is 0.127. The zero-order valence-corrected chi connectivity index (χ0v) is 9.99. The van der Waals surface area contributed by atoms with Crippen LogP contribution in [0.5, 0.6) is 0 Å². The van der Waals surface area contributed by atoms with E-state index in [2.05, 4.69) is 0 Å². The molecule has 2 amide bonds. The summed E-state index contributed by atoms with van der Waals surface area (Å²) in [5, 5.41) is 0.531. The molecule has 90 valence electrons. The van der Waals surface area contributed by atoms with Crippen molar-refractivity contribution < 1.29 is 9.59 Å². The van der Waals surface area contributed by atoms with E-state index in [0.29, 0.717) is 10.7 Å². The Labute approximate surface area is 103 Å². The number of fused-ring (bicyclic) bond motifs is 1. The lowest BCUT2D eigenvalue weighted by Gasteiger charge is -2.23. The van der Waals surface area contributed by atoms with E-state index in [1.165, 1.54) is 4.90 Å². The fraction of sp³-hybridized carbons (Fsp3) is 0.273. The van der Waals surface area contributed by atoms with E-state index in [4.69, 9.17) is 17.4 Å². The van der Waals surface area contributed by atoms with Crippen LogP contribution in [0.3, 0.4) is 0 Å². The number of hydrogen-bond donors (Lipinski definition) is 2. The third kappa shape index (κ3) is 1.99. The van der Waals surface area contributed by atoms with Crippen molar-refractivity contribution in [3.8, 4) is 0 Å². The van der Waals surface area contributed by atoms with Crippen molar-refractivity contribution in [3.05, 3.63) is 28.8 Å². The van der Waals surface area contributed by atoms with Gasteiger partial charge in [-0.15, -0.1) is 0 Å². The first-order valence-corrected chi connectivity index (χ1v) is 5.53. The summed E-state index contributed by atoms with van der Waals surface area (Å²) in [7, 11) is 0. The Kier molecular flexibility index (Phi) is 3.04. The highest BCUT2D eigenvalue weighted by atomic mass is 35.5. The van der Waals surface area contributed by atoms with Crippen LogP contribution in [-0.2, 0) is 16.0 Å². The summed E-state index contributed by atoms with van der Waals surface area (Å²) in [6, 6.07) is 4.56. The normalized spacial score (nSPS) is 15.7. The van der Waals surface area contributed by atoms with Crippen LogP contribution in [0.25, 0.3) is 0 Å². The maximum absolute atomic E-state index is 11.9. The molecule has 1 aliphatic heterocycles. The van der Waals surface area contributed by atoms with Gasteiger partial charge in [-0.25, -0.2) is 5.84 Å². The zero-order chi connectivity index (χ0) is 12.6. The Morgan fingerprint density at radius 2 is 2.29 bits per heavy atom. The van der Waals surface area contributed by atoms with Crippen LogP contribution >= 0.6 is 11.6 Å². The number of hydrogen-bond acceptors (Lipinski definition) is 3. The van der Waals surface area contributed by atoms with E-state index >= 15 is 0 Å². The van der Waals surface area contributed by atoms with Gasteiger partial charge in [-0.3, -0.25) is 19.9 Å². The summed E-state index contributed by atoms with van der Waals surface area (Å²) < 4.78 is 0. The van der Waals surface area contributed by atoms with Gasteiger partial charge in [0.1, 0.15) is 6.04 Å². The molecule has 0 saturated carbocycles. The SMILES string of the molecule is CC(C(=O)NN)N1C(=O)Cc2ccc(Cl)cc21. The lowest BCUT2D eigenvalue weighted by Crippen LogP contribution is -2.48. The molecule has 1 aromatic carbocycles. The Bertz CT molecular complexity index is 490. The molecule has 1 aromatic rings. The number of rotatable bonds is 2. The first-order chi connectivity index (χ1) is 8.04. The second-order valence-electron chi connectivity index (χ2n) is 3.90. The average molecular weight is 254 g/mol. The van der Waals surface area contributed by atoms with Gasteiger partial charge >= 0.3 is 0 Å². The molecule has 1 atom stereocenters. The van der Waals surface area contributed by atoms with Crippen LogP contribution in [0.15, 0.2) is 18.2 Å². The molecule has 5 nitrogen and oxygen atoms in total.